The summed E-state index contributed by atoms with van der Waals surface area (Å²) in [5.74, 6) is 2.24. The molecule has 2 nitrogen and oxygen atoms in total. The van der Waals surface area contributed by atoms with Crippen LogP contribution in [0.5, 0.6) is 0 Å². The molecule has 0 unspecified atom stereocenters. The highest BCUT2D eigenvalue weighted by molar-refractivity contribution is 7.71. The number of aromatic amines is 1. The Hall–Kier alpha value is -0.700. The maximum atomic E-state index is 5.17. The molecule has 0 aromatic carbocycles. The lowest BCUT2D eigenvalue weighted by Crippen LogP contribution is -2.14. The van der Waals surface area contributed by atoms with E-state index in [9.17, 15) is 0 Å². The van der Waals surface area contributed by atoms with Gasteiger partial charge in [0.2, 0.25) is 0 Å². The van der Waals surface area contributed by atoms with Gasteiger partial charge in [-0.05, 0) is 24.8 Å². The first-order valence-corrected chi connectivity index (χ1v) is 5.69. The third-order valence-electron chi connectivity index (χ3n) is 2.90. The van der Waals surface area contributed by atoms with E-state index in [1.54, 1.807) is 0 Å². The molecule has 2 rings (SSSR count). The molecule has 1 heterocycles. The standard InChI is InChI=1S/C11H16N2S/c1-7(2)9-6-10(14)13-11(12-9)8-4-3-5-8/h6-8H,3-5H2,1-2H3,(H,12,13,14). The number of aromatic nitrogens is 2. The zero-order valence-electron chi connectivity index (χ0n) is 8.71. The van der Waals surface area contributed by atoms with Crippen LogP contribution in [-0.2, 0) is 0 Å². The molecule has 0 atom stereocenters. The van der Waals surface area contributed by atoms with Crippen molar-refractivity contribution in [2.45, 2.75) is 44.9 Å². The monoisotopic (exact) mass is 208 g/mol. The van der Waals surface area contributed by atoms with E-state index in [2.05, 4.69) is 23.8 Å². The van der Waals surface area contributed by atoms with Crippen LogP contribution in [0.25, 0.3) is 0 Å². The predicted molar refractivity (Wildman–Crippen MR) is 60.1 cm³/mol. The van der Waals surface area contributed by atoms with E-state index in [4.69, 9.17) is 12.2 Å². The van der Waals surface area contributed by atoms with Gasteiger partial charge in [0.25, 0.3) is 0 Å². The van der Waals surface area contributed by atoms with Gasteiger partial charge in [-0.15, -0.1) is 0 Å². The largest absolute Gasteiger partial charge is 0.347 e. The molecule has 1 aliphatic carbocycles. The molecular formula is C11H16N2S. The van der Waals surface area contributed by atoms with Gasteiger partial charge in [-0.2, -0.15) is 0 Å². The van der Waals surface area contributed by atoms with Crippen molar-refractivity contribution in [2.24, 2.45) is 0 Å². The number of nitrogens with one attached hydrogen (secondary N) is 1. The smallest absolute Gasteiger partial charge is 0.130 e. The average Bonchev–Trinajstić information content (AvgIpc) is 1.99. The Balaban J connectivity index is 2.35. The van der Waals surface area contributed by atoms with Gasteiger partial charge < -0.3 is 4.98 Å². The van der Waals surface area contributed by atoms with Crippen molar-refractivity contribution in [3.8, 4) is 0 Å². The van der Waals surface area contributed by atoms with Crippen molar-refractivity contribution in [3.63, 3.8) is 0 Å². The zero-order chi connectivity index (χ0) is 10.1. The molecule has 1 fully saturated rings. The van der Waals surface area contributed by atoms with Crippen LogP contribution in [0.4, 0.5) is 0 Å². The van der Waals surface area contributed by atoms with Gasteiger partial charge in [0.15, 0.2) is 0 Å². The second kappa shape index (κ2) is 3.81. The summed E-state index contributed by atoms with van der Waals surface area (Å²) in [7, 11) is 0. The number of hydrogen-bond donors (Lipinski definition) is 1. The second-order valence-corrected chi connectivity index (χ2v) is 4.76. The highest BCUT2D eigenvalue weighted by Gasteiger charge is 2.21. The van der Waals surface area contributed by atoms with Crippen LogP contribution >= 0.6 is 12.2 Å². The summed E-state index contributed by atoms with van der Waals surface area (Å²) in [5.41, 5.74) is 1.21. The van der Waals surface area contributed by atoms with Crippen molar-refractivity contribution in [1.82, 2.24) is 9.97 Å². The lowest BCUT2D eigenvalue weighted by molar-refractivity contribution is 0.399. The fourth-order valence-corrected chi connectivity index (χ4v) is 1.91. The number of rotatable bonds is 2. The number of nitrogens with zero attached hydrogens (tertiary/aromatic N) is 1. The van der Waals surface area contributed by atoms with Crippen LogP contribution < -0.4 is 0 Å². The Morgan fingerprint density at radius 2 is 2.21 bits per heavy atom. The van der Waals surface area contributed by atoms with E-state index in [-0.39, 0.29) is 0 Å². The third kappa shape index (κ3) is 1.87. The van der Waals surface area contributed by atoms with Crippen molar-refractivity contribution in [2.75, 3.05) is 0 Å². The van der Waals surface area contributed by atoms with Crippen LogP contribution in [0, 0.1) is 4.64 Å². The summed E-state index contributed by atoms with van der Waals surface area (Å²) in [6.07, 6.45) is 3.86. The molecule has 0 spiro atoms. The van der Waals surface area contributed by atoms with E-state index in [0.29, 0.717) is 11.8 Å². The van der Waals surface area contributed by atoms with Gasteiger partial charge in [-0.25, -0.2) is 4.98 Å². The first-order chi connectivity index (χ1) is 6.66. The molecule has 1 N–H and O–H groups in total. The van der Waals surface area contributed by atoms with Crippen molar-refractivity contribution >= 4 is 12.2 Å². The van der Waals surface area contributed by atoms with Gasteiger partial charge in [0.1, 0.15) is 10.5 Å². The fraction of sp³-hybridized carbons (Fsp3) is 0.636. The molecule has 1 aromatic rings. The zero-order valence-corrected chi connectivity index (χ0v) is 9.53. The summed E-state index contributed by atoms with van der Waals surface area (Å²) in [4.78, 5) is 7.81. The minimum Gasteiger partial charge on any atom is -0.347 e. The quantitative estimate of drug-likeness (QED) is 0.753. The lowest BCUT2D eigenvalue weighted by Gasteiger charge is -2.25. The van der Waals surface area contributed by atoms with E-state index < -0.39 is 0 Å². The van der Waals surface area contributed by atoms with Crippen LogP contribution in [0.15, 0.2) is 6.07 Å². The minimum absolute atomic E-state index is 0.499. The summed E-state index contributed by atoms with van der Waals surface area (Å²) in [5, 5.41) is 0. The van der Waals surface area contributed by atoms with Crippen LogP contribution in [0.3, 0.4) is 0 Å². The Morgan fingerprint density at radius 1 is 1.50 bits per heavy atom. The van der Waals surface area contributed by atoms with E-state index >= 15 is 0 Å². The fourth-order valence-electron chi connectivity index (χ4n) is 1.68. The van der Waals surface area contributed by atoms with Crippen LogP contribution in [0.1, 0.15) is 56.5 Å². The number of H-pyrrole nitrogens is 1. The summed E-state index contributed by atoms with van der Waals surface area (Å²) < 4.78 is 0.731. The Morgan fingerprint density at radius 3 is 2.71 bits per heavy atom. The molecule has 14 heavy (non-hydrogen) atoms. The molecule has 1 saturated carbocycles. The second-order valence-electron chi connectivity index (χ2n) is 4.34. The van der Waals surface area contributed by atoms with Gasteiger partial charge in [-0.1, -0.05) is 32.5 Å². The van der Waals surface area contributed by atoms with Gasteiger partial charge in [-0.3, -0.25) is 0 Å². The van der Waals surface area contributed by atoms with Gasteiger partial charge in [0.05, 0.1) is 0 Å². The van der Waals surface area contributed by atoms with Gasteiger partial charge >= 0.3 is 0 Å². The van der Waals surface area contributed by atoms with Crippen molar-refractivity contribution < 1.29 is 0 Å². The topological polar surface area (TPSA) is 28.7 Å². The lowest BCUT2D eigenvalue weighted by atomic mass is 9.85. The normalized spacial score (nSPS) is 17.1. The maximum Gasteiger partial charge on any atom is 0.130 e. The average molecular weight is 208 g/mol. The maximum absolute atomic E-state index is 5.17. The highest BCUT2D eigenvalue weighted by Crippen LogP contribution is 2.34. The van der Waals surface area contributed by atoms with E-state index in [0.717, 1.165) is 10.5 Å². The SMILES string of the molecule is CC(C)c1cc(=S)nc(C2CCC2)[nH]1. The molecule has 76 valence electrons. The summed E-state index contributed by atoms with van der Waals surface area (Å²) in [6, 6.07) is 1.97. The predicted octanol–water partition coefficient (Wildman–Crippen LogP) is 3.53. The van der Waals surface area contributed by atoms with Gasteiger partial charge in [0, 0.05) is 11.6 Å². The first kappa shape index (κ1) is 9.84. The number of hydrogen-bond acceptors (Lipinski definition) is 2. The minimum atomic E-state index is 0.499. The molecule has 3 heteroatoms. The molecule has 0 bridgehead atoms. The summed E-state index contributed by atoms with van der Waals surface area (Å²) >= 11 is 5.17. The molecule has 0 saturated heterocycles. The van der Waals surface area contributed by atoms with Crippen LogP contribution in [0.2, 0.25) is 0 Å². The van der Waals surface area contributed by atoms with E-state index in [1.165, 1.54) is 25.0 Å². The first-order valence-electron chi connectivity index (χ1n) is 5.28. The van der Waals surface area contributed by atoms with E-state index in [1.807, 2.05) is 6.07 Å². The highest BCUT2D eigenvalue weighted by atomic mass is 32.1. The van der Waals surface area contributed by atoms with Crippen molar-refractivity contribution in [1.29, 1.82) is 0 Å². The Labute approximate surface area is 89.8 Å². The Bertz CT molecular complexity index is 377. The third-order valence-corrected chi connectivity index (χ3v) is 3.11. The summed E-state index contributed by atoms with van der Waals surface area (Å²) in [6.45, 7) is 4.34. The molecular weight excluding hydrogens is 192 g/mol. The molecule has 1 aliphatic rings. The van der Waals surface area contributed by atoms with Crippen LogP contribution in [-0.4, -0.2) is 9.97 Å². The Kier molecular flexibility index (Phi) is 2.68. The molecule has 0 amide bonds. The van der Waals surface area contributed by atoms with Crippen molar-refractivity contribution in [3.05, 3.63) is 22.2 Å². The molecule has 0 radical (unpaired) electrons. The molecule has 0 aliphatic heterocycles. The molecule has 1 aromatic heterocycles.